The first kappa shape index (κ1) is 24.8. The van der Waals surface area contributed by atoms with Crippen LogP contribution in [0.15, 0.2) is 111 Å². The maximum atomic E-state index is 11.5. The van der Waals surface area contributed by atoms with E-state index in [2.05, 4.69) is 87.8 Å². The Morgan fingerprint density at radius 1 is 0.812 bits per heavy atom. The SMILES string of the molecule is C=C.C=CCC1(CC=C)c2ccccc2-c2ccc(CC(C)=O)cc21.Cc1ccccc1. The van der Waals surface area contributed by atoms with E-state index in [0.717, 1.165) is 18.4 Å². The van der Waals surface area contributed by atoms with Gasteiger partial charge in [0.1, 0.15) is 5.78 Å². The maximum absolute atomic E-state index is 11.5. The number of carbonyl (C=O) groups is 1. The zero-order valence-electron chi connectivity index (χ0n) is 19.4. The first-order valence-corrected chi connectivity index (χ1v) is 11.0. The molecule has 0 aliphatic heterocycles. The van der Waals surface area contributed by atoms with Crippen LogP contribution in [0.1, 0.15) is 42.0 Å². The molecule has 0 spiro atoms. The number of carbonyl (C=O) groups excluding carboxylic acids is 1. The highest BCUT2D eigenvalue weighted by atomic mass is 16.1. The van der Waals surface area contributed by atoms with Crippen molar-refractivity contribution in [1.29, 1.82) is 0 Å². The van der Waals surface area contributed by atoms with Gasteiger partial charge in [0.2, 0.25) is 0 Å². The molecule has 1 aliphatic rings. The Labute approximate surface area is 193 Å². The van der Waals surface area contributed by atoms with E-state index in [4.69, 9.17) is 0 Å². The fraction of sp³-hybridized carbons (Fsp3) is 0.194. The summed E-state index contributed by atoms with van der Waals surface area (Å²) in [6.07, 6.45) is 6.21. The van der Waals surface area contributed by atoms with Crippen molar-refractivity contribution in [3.05, 3.63) is 134 Å². The molecule has 0 saturated heterocycles. The number of fused-ring (bicyclic) bond motifs is 3. The maximum Gasteiger partial charge on any atom is 0.134 e. The van der Waals surface area contributed by atoms with Gasteiger partial charge in [-0.3, -0.25) is 4.79 Å². The molecule has 0 bridgehead atoms. The van der Waals surface area contributed by atoms with Gasteiger partial charge in [-0.2, -0.15) is 0 Å². The monoisotopic (exact) mass is 422 g/mol. The number of Topliss-reactive ketones (excluding diaryl/α,β-unsaturated/α-hetero) is 1. The number of rotatable bonds is 6. The average molecular weight is 423 g/mol. The Kier molecular flexibility index (Phi) is 9.16. The summed E-state index contributed by atoms with van der Waals surface area (Å²) < 4.78 is 0. The van der Waals surface area contributed by atoms with E-state index < -0.39 is 0 Å². The molecule has 1 heteroatoms. The lowest BCUT2D eigenvalue weighted by atomic mass is 9.72. The number of benzene rings is 3. The van der Waals surface area contributed by atoms with Crippen LogP contribution in [0.25, 0.3) is 11.1 Å². The van der Waals surface area contributed by atoms with Gasteiger partial charge in [-0.15, -0.1) is 26.3 Å². The summed E-state index contributed by atoms with van der Waals surface area (Å²) in [5, 5.41) is 0. The van der Waals surface area contributed by atoms with E-state index in [1.807, 2.05) is 30.4 Å². The highest BCUT2D eigenvalue weighted by Crippen LogP contribution is 2.53. The zero-order valence-corrected chi connectivity index (χ0v) is 19.4. The number of hydrogen-bond acceptors (Lipinski definition) is 1. The predicted octanol–water partition coefficient (Wildman–Crippen LogP) is 8.03. The van der Waals surface area contributed by atoms with Crippen molar-refractivity contribution in [3.8, 4) is 11.1 Å². The number of allylic oxidation sites excluding steroid dienone is 2. The molecule has 0 radical (unpaired) electrons. The Balaban J connectivity index is 0.000000340. The van der Waals surface area contributed by atoms with Crippen LogP contribution in [-0.2, 0) is 16.6 Å². The van der Waals surface area contributed by atoms with Gasteiger partial charge < -0.3 is 0 Å². The summed E-state index contributed by atoms with van der Waals surface area (Å²) in [6, 6.07) is 25.3. The third kappa shape index (κ3) is 5.42. The molecule has 0 aromatic heterocycles. The second-order valence-electron chi connectivity index (χ2n) is 8.03. The summed E-state index contributed by atoms with van der Waals surface area (Å²) in [4.78, 5) is 11.5. The topological polar surface area (TPSA) is 17.1 Å². The van der Waals surface area contributed by atoms with Crippen molar-refractivity contribution in [2.24, 2.45) is 0 Å². The fourth-order valence-electron chi connectivity index (χ4n) is 4.45. The third-order valence-electron chi connectivity index (χ3n) is 5.71. The summed E-state index contributed by atoms with van der Waals surface area (Å²) in [5.74, 6) is 0.193. The highest BCUT2D eigenvalue weighted by Gasteiger charge is 2.41. The van der Waals surface area contributed by atoms with Gasteiger partial charge >= 0.3 is 0 Å². The van der Waals surface area contributed by atoms with Crippen molar-refractivity contribution in [2.75, 3.05) is 0 Å². The first-order chi connectivity index (χ1) is 15.5. The molecule has 0 atom stereocenters. The molecule has 164 valence electrons. The Morgan fingerprint density at radius 3 is 1.91 bits per heavy atom. The van der Waals surface area contributed by atoms with E-state index in [0.29, 0.717) is 6.42 Å². The Hall–Kier alpha value is -3.45. The standard InChI is InChI=1S/C22H22O.C7H8.C2H4/c1-4-12-22(13-5-2)20-9-7-6-8-18(20)19-11-10-17(14-16(3)23)15-21(19)22;1-7-5-3-2-4-6-7;1-2/h4-11,15H,1-2,12-14H2,3H3;2-6H,1H3;1-2H2. The second kappa shape index (κ2) is 11.8. The lowest BCUT2D eigenvalue weighted by Crippen LogP contribution is -2.24. The fourth-order valence-corrected chi connectivity index (χ4v) is 4.45. The molecule has 0 heterocycles. The molecule has 1 nitrogen and oxygen atoms in total. The van der Waals surface area contributed by atoms with Crippen molar-refractivity contribution < 1.29 is 4.79 Å². The molecule has 0 amide bonds. The molecule has 32 heavy (non-hydrogen) atoms. The van der Waals surface area contributed by atoms with Gasteiger partial charge in [0.25, 0.3) is 0 Å². The number of aryl methyl sites for hydroxylation is 1. The largest absolute Gasteiger partial charge is 0.300 e. The predicted molar refractivity (Wildman–Crippen MR) is 139 cm³/mol. The molecule has 0 saturated carbocycles. The molecular formula is C31H34O. The van der Waals surface area contributed by atoms with Crippen molar-refractivity contribution in [2.45, 2.75) is 38.5 Å². The number of hydrogen-bond donors (Lipinski definition) is 0. The van der Waals surface area contributed by atoms with Crippen molar-refractivity contribution in [1.82, 2.24) is 0 Å². The molecule has 1 aliphatic carbocycles. The minimum atomic E-state index is -0.109. The molecule has 3 aromatic rings. The van der Waals surface area contributed by atoms with Crippen LogP contribution in [0.3, 0.4) is 0 Å². The van der Waals surface area contributed by atoms with Gasteiger partial charge in [-0.1, -0.05) is 90.5 Å². The Bertz CT molecular complexity index is 1050. The van der Waals surface area contributed by atoms with Crippen LogP contribution in [0.5, 0.6) is 0 Å². The molecule has 0 fully saturated rings. The van der Waals surface area contributed by atoms with Gasteiger partial charge in [-0.25, -0.2) is 0 Å². The van der Waals surface area contributed by atoms with E-state index in [-0.39, 0.29) is 11.2 Å². The molecule has 3 aromatic carbocycles. The third-order valence-corrected chi connectivity index (χ3v) is 5.71. The van der Waals surface area contributed by atoms with Gasteiger partial charge in [0, 0.05) is 11.8 Å². The minimum absolute atomic E-state index is 0.109. The van der Waals surface area contributed by atoms with Crippen LogP contribution < -0.4 is 0 Å². The number of ketones is 1. The van der Waals surface area contributed by atoms with Gasteiger partial charge in [-0.05, 0) is 54.5 Å². The molecule has 4 rings (SSSR count). The molecular weight excluding hydrogens is 388 g/mol. The van der Waals surface area contributed by atoms with E-state index in [9.17, 15) is 4.79 Å². The average Bonchev–Trinajstić information content (AvgIpc) is 3.06. The van der Waals surface area contributed by atoms with Crippen LogP contribution in [0.2, 0.25) is 0 Å². The summed E-state index contributed by atoms with van der Waals surface area (Å²) in [5.41, 5.74) is 7.51. The summed E-state index contributed by atoms with van der Waals surface area (Å²) >= 11 is 0. The van der Waals surface area contributed by atoms with E-state index >= 15 is 0 Å². The smallest absolute Gasteiger partial charge is 0.134 e. The van der Waals surface area contributed by atoms with E-state index in [1.165, 1.54) is 27.8 Å². The van der Waals surface area contributed by atoms with Gasteiger partial charge in [0.05, 0.1) is 0 Å². The van der Waals surface area contributed by atoms with Crippen LogP contribution in [0, 0.1) is 6.92 Å². The van der Waals surface area contributed by atoms with Crippen molar-refractivity contribution >= 4 is 5.78 Å². The summed E-state index contributed by atoms with van der Waals surface area (Å²) in [7, 11) is 0. The van der Waals surface area contributed by atoms with Crippen LogP contribution in [0.4, 0.5) is 0 Å². The minimum Gasteiger partial charge on any atom is -0.300 e. The second-order valence-corrected chi connectivity index (χ2v) is 8.03. The Morgan fingerprint density at radius 2 is 1.38 bits per heavy atom. The molecule has 0 unspecified atom stereocenters. The normalized spacial score (nSPS) is 12.1. The molecule has 0 N–H and O–H groups in total. The summed E-state index contributed by atoms with van der Waals surface area (Å²) in [6.45, 7) is 17.7. The van der Waals surface area contributed by atoms with Gasteiger partial charge in [0.15, 0.2) is 0 Å². The van der Waals surface area contributed by atoms with Crippen molar-refractivity contribution in [3.63, 3.8) is 0 Å². The highest BCUT2D eigenvalue weighted by molar-refractivity contribution is 5.83. The quantitative estimate of drug-likeness (QED) is 0.367. The lowest BCUT2D eigenvalue weighted by molar-refractivity contribution is -0.116. The zero-order chi connectivity index (χ0) is 23.6. The van der Waals surface area contributed by atoms with Crippen LogP contribution in [-0.4, -0.2) is 5.78 Å². The van der Waals surface area contributed by atoms with E-state index in [1.54, 1.807) is 6.92 Å². The van der Waals surface area contributed by atoms with Crippen LogP contribution >= 0.6 is 0 Å². The first-order valence-electron chi connectivity index (χ1n) is 11.0. The lowest BCUT2D eigenvalue weighted by Gasteiger charge is -2.30.